The van der Waals surface area contributed by atoms with Crippen LogP contribution in [0.2, 0.25) is 5.02 Å². The van der Waals surface area contributed by atoms with E-state index in [4.69, 9.17) is 16.3 Å². The van der Waals surface area contributed by atoms with Crippen LogP contribution in [0.25, 0.3) is 10.9 Å². The summed E-state index contributed by atoms with van der Waals surface area (Å²) in [5.41, 5.74) is 0.834. The highest BCUT2D eigenvalue weighted by Gasteiger charge is 2.15. The van der Waals surface area contributed by atoms with Gasteiger partial charge in [-0.3, -0.25) is 9.40 Å². The molecule has 2 heterocycles. The van der Waals surface area contributed by atoms with Crippen LogP contribution in [0, 0.1) is 0 Å². The number of benzene rings is 1. The van der Waals surface area contributed by atoms with Crippen LogP contribution in [0.5, 0.6) is 5.75 Å². The number of hydrogen-bond donors (Lipinski definition) is 2. The number of aromatic amines is 1. The quantitative estimate of drug-likeness (QED) is 0.775. The number of H-pyrrole nitrogens is 1. The molecule has 1 atom stereocenters. The van der Waals surface area contributed by atoms with Gasteiger partial charge >= 0.3 is 0 Å². The Bertz CT molecular complexity index is 827. The number of rotatable bonds is 4. The summed E-state index contributed by atoms with van der Waals surface area (Å²) in [5, 5.41) is 5.65. The Morgan fingerprint density at radius 1 is 1.48 bits per heavy atom. The molecule has 8 heteroatoms. The lowest BCUT2D eigenvalue weighted by Gasteiger charge is -2.04. The van der Waals surface area contributed by atoms with E-state index >= 15 is 0 Å². The molecule has 6 nitrogen and oxygen atoms in total. The minimum atomic E-state index is -1.46. The molecule has 110 valence electrons. The first-order valence-corrected chi connectivity index (χ1v) is 7.64. The predicted octanol–water partition coefficient (Wildman–Crippen LogP) is 2.70. The van der Waals surface area contributed by atoms with Crippen LogP contribution in [0.3, 0.4) is 0 Å². The molecule has 1 aromatic carbocycles. The van der Waals surface area contributed by atoms with Gasteiger partial charge < -0.3 is 9.72 Å². The van der Waals surface area contributed by atoms with E-state index in [0.29, 0.717) is 21.5 Å². The molecule has 0 aliphatic carbocycles. The first-order valence-electron chi connectivity index (χ1n) is 6.11. The molecular formula is C13H13ClN4O2S. The number of hydrogen-bond acceptors (Lipinski definition) is 3. The van der Waals surface area contributed by atoms with Crippen molar-refractivity contribution in [3.05, 3.63) is 35.6 Å². The monoisotopic (exact) mass is 324 g/mol. The fourth-order valence-corrected chi connectivity index (χ4v) is 3.20. The van der Waals surface area contributed by atoms with Crippen LogP contribution < -0.4 is 9.46 Å². The molecule has 0 spiro atoms. The van der Waals surface area contributed by atoms with Crippen LogP contribution in [0.15, 0.2) is 35.5 Å². The summed E-state index contributed by atoms with van der Waals surface area (Å²) in [7, 11) is 1.85. The normalized spacial score (nSPS) is 12.5. The Labute approximate surface area is 128 Å². The number of aryl methyl sites for hydroxylation is 1. The molecule has 0 aliphatic rings. The van der Waals surface area contributed by atoms with Gasteiger partial charge in [-0.05, 0) is 12.1 Å². The highest BCUT2D eigenvalue weighted by atomic mass is 35.5. The van der Waals surface area contributed by atoms with Crippen LogP contribution in [0.1, 0.15) is 0 Å². The highest BCUT2D eigenvalue weighted by Crippen LogP contribution is 2.27. The van der Waals surface area contributed by atoms with Gasteiger partial charge in [-0.15, -0.1) is 0 Å². The number of nitrogens with zero attached hydrogens (tertiary/aromatic N) is 2. The maximum atomic E-state index is 12.5. The average Bonchev–Trinajstić information content (AvgIpc) is 3.01. The van der Waals surface area contributed by atoms with Crippen molar-refractivity contribution in [1.82, 2.24) is 14.8 Å². The van der Waals surface area contributed by atoms with Gasteiger partial charge in [0.05, 0.1) is 18.2 Å². The molecule has 0 fully saturated rings. The molecule has 3 aromatic rings. The van der Waals surface area contributed by atoms with Gasteiger partial charge in [0.2, 0.25) is 5.82 Å². The molecule has 0 bridgehead atoms. The van der Waals surface area contributed by atoms with Gasteiger partial charge in [0.25, 0.3) is 0 Å². The van der Waals surface area contributed by atoms with Crippen LogP contribution in [-0.2, 0) is 18.0 Å². The number of fused-ring (bicyclic) bond motifs is 1. The molecule has 1 unspecified atom stereocenters. The zero-order chi connectivity index (χ0) is 15.0. The second-order valence-electron chi connectivity index (χ2n) is 4.43. The Balaban J connectivity index is 1.93. The Kier molecular flexibility index (Phi) is 3.60. The van der Waals surface area contributed by atoms with Crippen molar-refractivity contribution in [2.24, 2.45) is 7.05 Å². The van der Waals surface area contributed by atoms with Crippen LogP contribution in [0.4, 0.5) is 5.82 Å². The zero-order valence-electron chi connectivity index (χ0n) is 11.4. The fourth-order valence-electron chi connectivity index (χ4n) is 2.05. The van der Waals surface area contributed by atoms with Gasteiger partial charge in [0.15, 0.2) is 16.7 Å². The van der Waals surface area contributed by atoms with E-state index in [1.807, 2.05) is 6.07 Å². The van der Waals surface area contributed by atoms with Gasteiger partial charge in [-0.2, -0.15) is 5.10 Å². The third-order valence-corrected chi connectivity index (χ3v) is 4.36. The van der Waals surface area contributed by atoms with Gasteiger partial charge in [0, 0.05) is 29.2 Å². The maximum Gasteiger partial charge on any atom is 0.202 e. The first-order chi connectivity index (χ1) is 10.1. The minimum absolute atomic E-state index is 0.432. The van der Waals surface area contributed by atoms with Crippen molar-refractivity contribution in [2.45, 2.75) is 4.90 Å². The molecule has 0 amide bonds. The van der Waals surface area contributed by atoms with E-state index in [1.54, 1.807) is 43.4 Å². The van der Waals surface area contributed by atoms with Crippen molar-refractivity contribution >= 4 is 39.3 Å². The lowest BCUT2D eigenvalue weighted by Crippen LogP contribution is -2.06. The summed E-state index contributed by atoms with van der Waals surface area (Å²) in [6.07, 6.45) is 3.40. The number of methoxy groups -OCH3 is 1. The summed E-state index contributed by atoms with van der Waals surface area (Å²) in [4.78, 5) is 3.69. The number of anilines is 1. The zero-order valence-corrected chi connectivity index (χ0v) is 13.0. The van der Waals surface area contributed by atoms with Crippen molar-refractivity contribution < 1.29 is 8.95 Å². The molecule has 0 radical (unpaired) electrons. The summed E-state index contributed by atoms with van der Waals surface area (Å²) in [6.45, 7) is 0. The maximum absolute atomic E-state index is 12.5. The molecule has 0 saturated heterocycles. The van der Waals surface area contributed by atoms with E-state index in [2.05, 4.69) is 14.8 Å². The van der Waals surface area contributed by atoms with E-state index in [1.165, 1.54) is 0 Å². The highest BCUT2D eigenvalue weighted by molar-refractivity contribution is 7.86. The average molecular weight is 325 g/mol. The van der Waals surface area contributed by atoms with Crippen molar-refractivity contribution in [3.63, 3.8) is 0 Å². The molecule has 2 aromatic heterocycles. The number of aromatic nitrogens is 3. The van der Waals surface area contributed by atoms with Crippen molar-refractivity contribution in [2.75, 3.05) is 11.8 Å². The third-order valence-electron chi connectivity index (χ3n) is 3.01. The Morgan fingerprint density at radius 2 is 2.29 bits per heavy atom. The summed E-state index contributed by atoms with van der Waals surface area (Å²) in [6, 6.07) is 5.39. The second kappa shape index (κ2) is 5.42. The van der Waals surface area contributed by atoms with Gasteiger partial charge in [0.1, 0.15) is 0 Å². The molecule has 3 rings (SSSR count). The standard InChI is InChI=1S/C13H13ClN4O2S/c1-18-7-11(20-2)13(16-18)17-21(19)12-6-15-10-5-8(14)3-4-9(10)12/h3-7,15H,1-2H3,(H,16,17). The van der Waals surface area contributed by atoms with Gasteiger partial charge in [-0.25, -0.2) is 4.21 Å². The van der Waals surface area contributed by atoms with Crippen LogP contribution in [-0.4, -0.2) is 26.1 Å². The fraction of sp³-hybridized carbons (Fsp3) is 0.154. The van der Waals surface area contributed by atoms with E-state index in [-0.39, 0.29) is 0 Å². The van der Waals surface area contributed by atoms with E-state index < -0.39 is 11.0 Å². The lowest BCUT2D eigenvalue weighted by molar-refractivity contribution is 0.416. The number of nitrogens with one attached hydrogen (secondary N) is 2. The SMILES string of the molecule is COc1cn(C)nc1NS(=O)c1c[nH]c2cc(Cl)ccc12. The molecule has 0 aliphatic heterocycles. The topological polar surface area (TPSA) is 71.9 Å². The number of halogens is 1. The third kappa shape index (κ3) is 2.62. The largest absolute Gasteiger partial charge is 0.491 e. The molecule has 0 saturated carbocycles. The molecule has 2 N–H and O–H groups in total. The van der Waals surface area contributed by atoms with Gasteiger partial charge in [-0.1, -0.05) is 17.7 Å². The van der Waals surface area contributed by atoms with E-state index in [0.717, 1.165) is 10.9 Å². The number of ether oxygens (including phenoxy) is 1. The van der Waals surface area contributed by atoms with Crippen molar-refractivity contribution in [1.29, 1.82) is 0 Å². The Hall–Kier alpha value is -1.99. The van der Waals surface area contributed by atoms with Crippen LogP contribution >= 0.6 is 11.6 Å². The summed E-state index contributed by atoms with van der Waals surface area (Å²) >= 11 is 5.94. The summed E-state index contributed by atoms with van der Waals surface area (Å²) in [5.74, 6) is 0.968. The molecular weight excluding hydrogens is 312 g/mol. The smallest absolute Gasteiger partial charge is 0.202 e. The molecule has 21 heavy (non-hydrogen) atoms. The van der Waals surface area contributed by atoms with E-state index in [9.17, 15) is 4.21 Å². The van der Waals surface area contributed by atoms with Crippen molar-refractivity contribution in [3.8, 4) is 5.75 Å². The lowest BCUT2D eigenvalue weighted by atomic mass is 10.2. The second-order valence-corrected chi connectivity index (χ2v) is 6.05. The predicted molar refractivity (Wildman–Crippen MR) is 83.1 cm³/mol. The minimum Gasteiger partial charge on any atom is -0.491 e. The Morgan fingerprint density at radius 3 is 3.05 bits per heavy atom. The first kappa shape index (κ1) is 14.0. The summed E-state index contributed by atoms with van der Waals surface area (Å²) < 4.78 is 22.1.